The highest BCUT2D eigenvalue weighted by Gasteiger charge is 2.35. The molecule has 0 spiro atoms. The van der Waals surface area contributed by atoms with Crippen molar-refractivity contribution < 1.29 is 4.79 Å². The Hall–Kier alpha value is -2.41. The topological polar surface area (TPSA) is 66.0 Å². The SMILES string of the molecule is CC(C)[C@H]1c2[nH]c3ccccc3c2CCN1C(=O)NCc1cn2c(n1)SCC2. The molecule has 0 saturated carbocycles. The highest BCUT2D eigenvalue weighted by Crippen LogP contribution is 2.38. The van der Waals surface area contributed by atoms with Gasteiger partial charge in [-0.05, 0) is 24.0 Å². The van der Waals surface area contributed by atoms with Crippen molar-refractivity contribution in [1.29, 1.82) is 0 Å². The van der Waals surface area contributed by atoms with E-state index in [-0.39, 0.29) is 12.1 Å². The molecule has 2 aromatic heterocycles. The molecule has 7 heteroatoms. The Morgan fingerprint density at radius 1 is 1.36 bits per heavy atom. The Morgan fingerprint density at radius 3 is 3.04 bits per heavy atom. The van der Waals surface area contributed by atoms with Crippen LogP contribution in [0, 0.1) is 5.92 Å². The lowest BCUT2D eigenvalue weighted by atomic mass is 9.90. The van der Waals surface area contributed by atoms with Gasteiger partial charge < -0.3 is 19.8 Å². The fraction of sp³-hybridized carbons (Fsp3) is 0.429. The number of hydrogen-bond donors (Lipinski definition) is 2. The number of nitrogens with one attached hydrogen (secondary N) is 2. The summed E-state index contributed by atoms with van der Waals surface area (Å²) in [6, 6.07) is 8.47. The molecule has 0 aliphatic carbocycles. The van der Waals surface area contributed by atoms with E-state index >= 15 is 0 Å². The van der Waals surface area contributed by atoms with Crippen molar-refractivity contribution in [1.82, 2.24) is 24.8 Å². The first-order valence-electron chi connectivity index (χ1n) is 9.94. The molecular weight excluding hydrogens is 370 g/mol. The van der Waals surface area contributed by atoms with Crippen LogP contribution in [0.2, 0.25) is 0 Å². The zero-order chi connectivity index (χ0) is 19.3. The molecule has 0 fully saturated rings. The van der Waals surface area contributed by atoms with Crippen molar-refractivity contribution in [2.45, 2.75) is 44.6 Å². The van der Waals surface area contributed by atoms with Crippen LogP contribution in [0.1, 0.15) is 36.8 Å². The summed E-state index contributed by atoms with van der Waals surface area (Å²) in [7, 11) is 0. The Balaban J connectivity index is 1.37. The number of benzene rings is 1. The highest BCUT2D eigenvalue weighted by atomic mass is 32.2. The molecule has 6 nitrogen and oxygen atoms in total. The number of carbonyl (C=O) groups is 1. The van der Waals surface area contributed by atoms with Gasteiger partial charge in [0.1, 0.15) is 0 Å². The van der Waals surface area contributed by atoms with Crippen LogP contribution in [0.4, 0.5) is 4.79 Å². The minimum atomic E-state index is -0.0104. The molecule has 4 heterocycles. The van der Waals surface area contributed by atoms with Gasteiger partial charge in [-0.1, -0.05) is 43.8 Å². The van der Waals surface area contributed by atoms with E-state index in [2.05, 4.69) is 64.2 Å². The number of para-hydroxylation sites is 1. The highest BCUT2D eigenvalue weighted by molar-refractivity contribution is 7.99. The van der Waals surface area contributed by atoms with E-state index in [1.807, 2.05) is 4.90 Å². The number of aromatic nitrogens is 3. The maximum absolute atomic E-state index is 13.0. The second-order valence-corrected chi connectivity index (χ2v) is 8.97. The molecule has 0 saturated heterocycles. The number of aryl methyl sites for hydroxylation is 1. The maximum atomic E-state index is 13.0. The van der Waals surface area contributed by atoms with Gasteiger partial charge in [0, 0.05) is 41.6 Å². The van der Waals surface area contributed by atoms with Crippen LogP contribution < -0.4 is 5.32 Å². The zero-order valence-electron chi connectivity index (χ0n) is 16.2. The maximum Gasteiger partial charge on any atom is 0.318 e. The Labute approximate surface area is 168 Å². The predicted octanol–water partition coefficient (Wildman–Crippen LogP) is 3.94. The summed E-state index contributed by atoms with van der Waals surface area (Å²) in [6.07, 6.45) is 2.94. The van der Waals surface area contributed by atoms with Gasteiger partial charge in [-0.25, -0.2) is 9.78 Å². The van der Waals surface area contributed by atoms with Crippen LogP contribution >= 0.6 is 11.8 Å². The molecule has 2 aliphatic heterocycles. The van der Waals surface area contributed by atoms with E-state index in [1.54, 1.807) is 11.8 Å². The number of thioether (sulfide) groups is 1. The molecule has 28 heavy (non-hydrogen) atoms. The monoisotopic (exact) mass is 395 g/mol. The minimum Gasteiger partial charge on any atom is -0.356 e. The molecule has 2 N–H and O–H groups in total. The summed E-state index contributed by atoms with van der Waals surface area (Å²) in [5.74, 6) is 1.41. The van der Waals surface area contributed by atoms with Gasteiger partial charge in [-0.2, -0.15) is 0 Å². The van der Waals surface area contributed by atoms with Crippen molar-refractivity contribution >= 4 is 28.7 Å². The van der Waals surface area contributed by atoms with Gasteiger partial charge in [0.05, 0.1) is 18.3 Å². The molecular formula is C21H25N5OS. The zero-order valence-corrected chi connectivity index (χ0v) is 17.1. The van der Waals surface area contributed by atoms with Crippen LogP contribution in [-0.4, -0.2) is 37.8 Å². The van der Waals surface area contributed by atoms with E-state index in [1.165, 1.54) is 16.6 Å². The number of amides is 2. The molecule has 1 atom stereocenters. The molecule has 3 aromatic rings. The van der Waals surface area contributed by atoms with Crippen molar-refractivity contribution in [2.75, 3.05) is 12.3 Å². The summed E-state index contributed by atoms with van der Waals surface area (Å²) in [4.78, 5) is 23.2. The van der Waals surface area contributed by atoms with Crippen molar-refractivity contribution in [2.24, 2.45) is 5.92 Å². The van der Waals surface area contributed by atoms with Crippen LogP contribution in [-0.2, 0) is 19.5 Å². The fourth-order valence-electron chi connectivity index (χ4n) is 4.51. The summed E-state index contributed by atoms with van der Waals surface area (Å²) >= 11 is 1.77. The molecule has 0 bridgehead atoms. The quantitative estimate of drug-likeness (QED) is 0.706. The number of carbonyl (C=O) groups excluding carboxylic acids is 1. The third-order valence-corrected chi connectivity index (χ3v) is 6.72. The third kappa shape index (κ3) is 2.89. The Kier molecular flexibility index (Phi) is 4.34. The van der Waals surface area contributed by atoms with E-state index in [0.717, 1.165) is 41.6 Å². The van der Waals surface area contributed by atoms with Crippen molar-refractivity contribution in [3.63, 3.8) is 0 Å². The molecule has 0 radical (unpaired) electrons. The number of nitrogens with zero attached hydrogens (tertiary/aromatic N) is 3. The number of rotatable bonds is 3. The van der Waals surface area contributed by atoms with E-state index < -0.39 is 0 Å². The van der Waals surface area contributed by atoms with Gasteiger partial charge in [0.25, 0.3) is 0 Å². The smallest absolute Gasteiger partial charge is 0.318 e. The normalized spacial score (nSPS) is 18.5. The average Bonchev–Trinajstić information content (AvgIpc) is 3.37. The van der Waals surface area contributed by atoms with Gasteiger partial charge in [-0.3, -0.25) is 0 Å². The predicted molar refractivity (Wildman–Crippen MR) is 111 cm³/mol. The van der Waals surface area contributed by atoms with Gasteiger partial charge in [0.15, 0.2) is 5.16 Å². The summed E-state index contributed by atoms with van der Waals surface area (Å²) in [6.45, 7) is 6.58. The summed E-state index contributed by atoms with van der Waals surface area (Å²) < 4.78 is 2.17. The molecule has 2 aliphatic rings. The van der Waals surface area contributed by atoms with Crippen LogP contribution in [0.15, 0.2) is 35.6 Å². The Bertz CT molecular complexity index is 1020. The minimum absolute atomic E-state index is 0.0104. The van der Waals surface area contributed by atoms with Gasteiger partial charge in [0.2, 0.25) is 0 Å². The number of aromatic amines is 1. The van der Waals surface area contributed by atoms with E-state index in [4.69, 9.17) is 0 Å². The standard InChI is InChI=1S/C21H25N5OS/c1-13(2)19-18-16(15-5-3-4-6-17(15)24-18)7-8-26(19)20(27)22-11-14-12-25-9-10-28-21(25)23-14/h3-6,12-13,19,24H,7-11H2,1-2H3,(H,22,27)/t19-/m0/s1. The largest absolute Gasteiger partial charge is 0.356 e. The third-order valence-electron chi connectivity index (χ3n) is 5.75. The van der Waals surface area contributed by atoms with Crippen LogP contribution in [0.3, 0.4) is 0 Å². The average molecular weight is 396 g/mol. The lowest BCUT2D eigenvalue weighted by Crippen LogP contribution is -2.47. The number of hydrogen-bond acceptors (Lipinski definition) is 3. The van der Waals surface area contributed by atoms with Gasteiger partial charge >= 0.3 is 6.03 Å². The van der Waals surface area contributed by atoms with Crippen molar-refractivity contribution in [3.8, 4) is 0 Å². The molecule has 1 aromatic carbocycles. The molecule has 146 valence electrons. The molecule has 5 rings (SSSR count). The number of fused-ring (bicyclic) bond motifs is 4. The van der Waals surface area contributed by atoms with Crippen molar-refractivity contribution in [3.05, 3.63) is 47.4 Å². The van der Waals surface area contributed by atoms with E-state index in [9.17, 15) is 4.79 Å². The second-order valence-electron chi connectivity index (χ2n) is 7.91. The second kappa shape index (κ2) is 6.88. The lowest BCUT2D eigenvalue weighted by molar-refractivity contribution is 0.146. The lowest BCUT2D eigenvalue weighted by Gasteiger charge is -2.38. The van der Waals surface area contributed by atoms with E-state index in [0.29, 0.717) is 12.5 Å². The first kappa shape index (κ1) is 17.7. The van der Waals surface area contributed by atoms with Gasteiger partial charge in [-0.15, -0.1) is 0 Å². The van der Waals surface area contributed by atoms with Crippen LogP contribution in [0.25, 0.3) is 10.9 Å². The fourth-order valence-corrected chi connectivity index (χ4v) is 5.47. The summed E-state index contributed by atoms with van der Waals surface area (Å²) in [5.41, 5.74) is 4.64. The first-order chi connectivity index (χ1) is 13.6. The van der Waals surface area contributed by atoms with Crippen LogP contribution in [0.5, 0.6) is 0 Å². The first-order valence-corrected chi connectivity index (χ1v) is 10.9. The Morgan fingerprint density at radius 2 is 2.21 bits per heavy atom. The number of urea groups is 1. The summed E-state index contributed by atoms with van der Waals surface area (Å²) in [5, 5.41) is 5.44. The number of imidazole rings is 1. The number of H-pyrrole nitrogens is 1. The molecule has 0 unspecified atom stereocenters. The molecule has 2 amide bonds.